The molecule has 5 rings (SSSR count). The third-order valence-electron chi connectivity index (χ3n) is 9.89. The predicted molar refractivity (Wildman–Crippen MR) is 177 cm³/mol. The van der Waals surface area contributed by atoms with Crippen LogP contribution in [-0.2, 0) is 14.4 Å². The largest absolute Gasteiger partial charge is 0.394 e. The van der Waals surface area contributed by atoms with Crippen molar-refractivity contribution in [2.45, 2.75) is 68.2 Å². The van der Waals surface area contributed by atoms with Gasteiger partial charge in [0.2, 0.25) is 17.7 Å². The minimum Gasteiger partial charge on any atom is -0.394 e. The number of benzene rings is 2. The number of hydrogen-bond donors (Lipinski definition) is 1. The number of amides is 3. The molecule has 7 nitrogen and oxygen atoms in total. The quantitative estimate of drug-likeness (QED) is 0.302. The summed E-state index contributed by atoms with van der Waals surface area (Å²) in [6.07, 6.45) is 5.91. The number of nitrogens with zero attached hydrogens (tertiary/aromatic N) is 3. The average molecular weight is 616 g/mol. The number of aliphatic hydroxyl groups excluding tert-OH is 1. The fourth-order valence-electron chi connectivity index (χ4n) is 7.98. The number of para-hydroxylation sites is 1. The van der Waals surface area contributed by atoms with Crippen molar-refractivity contribution in [3.8, 4) is 0 Å². The van der Waals surface area contributed by atoms with Crippen molar-refractivity contribution in [1.29, 1.82) is 0 Å². The summed E-state index contributed by atoms with van der Waals surface area (Å²) < 4.78 is -0.802. The molecule has 3 amide bonds. The number of aliphatic hydroxyl groups is 1. The molecular formula is C36H45N3O4S. The van der Waals surface area contributed by atoms with E-state index in [2.05, 4.69) is 27.0 Å². The van der Waals surface area contributed by atoms with Gasteiger partial charge in [-0.25, -0.2) is 0 Å². The molecule has 8 atom stereocenters. The van der Waals surface area contributed by atoms with Crippen molar-refractivity contribution >= 4 is 35.2 Å². The standard InChI is InChI=1S/C36H45N3O4S/c1-6-15-25(5)37(20-7-2)35(43)32-36-24(4)22-29(44-36)30(33(41)38(21-8-3)27-18-13-10-14-19-27)31(36)34(42)39(32)28(23-40)26-16-11-9-12-17-26/h7-14,16-19,24-25,28-32,40H,2-3,6,15,20-23H2,1,4-5H3/t24?,25?,28-,29+,30-,31+,32?,36?/m1/s1. The summed E-state index contributed by atoms with van der Waals surface area (Å²) in [4.78, 5) is 49.7. The molecule has 3 heterocycles. The van der Waals surface area contributed by atoms with Crippen LogP contribution in [0.4, 0.5) is 5.69 Å². The third kappa shape index (κ3) is 5.20. The second-order valence-corrected chi connectivity index (χ2v) is 13.9. The van der Waals surface area contributed by atoms with Gasteiger partial charge in [-0.3, -0.25) is 14.4 Å². The molecule has 1 N–H and O–H groups in total. The van der Waals surface area contributed by atoms with Gasteiger partial charge in [0, 0.05) is 30.1 Å². The van der Waals surface area contributed by atoms with Gasteiger partial charge in [0.25, 0.3) is 0 Å². The maximum absolute atomic E-state index is 14.9. The molecule has 1 spiro atoms. The topological polar surface area (TPSA) is 81.2 Å². The van der Waals surface area contributed by atoms with Crippen LogP contribution in [0.15, 0.2) is 86.0 Å². The van der Waals surface area contributed by atoms with Crippen LogP contribution >= 0.6 is 11.8 Å². The Labute approximate surface area is 266 Å². The zero-order chi connectivity index (χ0) is 31.6. The lowest BCUT2D eigenvalue weighted by Gasteiger charge is -2.43. The summed E-state index contributed by atoms with van der Waals surface area (Å²) in [6.45, 7) is 14.4. The summed E-state index contributed by atoms with van der Waals surface area (Å²) in [6, 6.07) is 17.3. The molecule has 4 unspecified atom stereocenters. The Hall–Kier alpha value is -3.36. The molecule has 2 aromatic rings. The van der Waals surface area contributed by atoms with Crippen molar-refractivity contribution in [3.63, 3.8) is 0 Å². The zero-order valence-electron chi connectivity index (χ0n) is 26.0. The van der Waals surface area contributed by atoms with E-state index in [1.165, 1.54) is 0 Å². The third-order valence-corrected chi connectivity index (χ3v) is 12.0. The molecule has 44 heavy (non-hydrogen) atoms. The Balaban J connectivity index is 1.65. The van der Waals surface area contributed by atoms with Crippen LogP contribution < -0.4 is 4.90 Å². The fraction of sp³-hybridized carbons (Fsp3) is 0.472. The summed E-state index contributed by atoms with van der Waals surface area (Å²) in [5.41, 5.74) is 1.52. The van der Waals surface area contributed by atoms with E-state index in [1.807, 2.05) is 72.5 Å². The lowest BCUT2D eigenvalue weighted by Crippen LogP contribution is -2.59. The average Bonchev–Trinajstić information content (AvgIpc) is 3.63. The lowest BCUT2D eigenvalue weighted by atomic mass is 9.65. The van der Waals surface area contributed by atoms with Crippen molar-refractivity contribution in [2.24, 2.45) is 17.8 Å². The molecule has 2 bridgehead atoms. The highest BCUT2D eigenvalue weighted by Crippen LogP contribution is 2.69. The highest BCUT2D eigenvalue weighted by molar-refractivity contribution is 8.02. The summed E-state index contributed by atoms with van der Waals surface area (Å²) in [5, 5.41) is 10.8. The SMILES string of the molecule is C=CCN(C(=O)[C@@H]1[C@@H]2CC(C)C3(S2)C(C(=O)N(CC=C)C(C)CCC)N([C@H](CO)c2ccccc2)C(=O)[C@H]13)c1ccccc1. The van der Waals surface area contributed by atoms with E-state index in [0.717, 1.165) is 30.5 Å². The molecule has 3 aliphatic heterocycles. The first-order valence-electron chi connectivity index (χ1n) is 15.8. The normalized spacial score (nSPS) is 28.3. The molecule has 0 radical (unpaired) electrons. The number of anilines is 1. The summed E-state index contributed by atoms with van der Waals surface area (Å²) >= 11 is 1.66. The Morgan fingerprint density at radius 2 is 1.70 bits per heavy atom. The second-order valence-electron chi connectivity index (χ2n) is 12.4. The van der Waals surface area contributed by atoms with E-state index in [1.54, 1.807) is 33.7 Å². The monoisotopic (exact) mass is 615 g/mol. The lowest BCUT2D eigenvalue weighted by molar-refractivity contribution is -0.147. The van der Waals surface area contributed by atoms with Gasteiger partial charge in [0.1, 0.15) is 6.04 Å². The van der Waals surface area contributed by atoms with Crippen molar-refractivity contribution in [3.05, 3.63) is 91.5 Å². The van der Waals surface area contributed by atoms with Crippen LogP contribution in [0.25, 0.3) is 0 Å². The van der Waals surface area contributed by atoms with Gasteiger partial charge in [0.05, 0.1) is 29.2 Å². The number of carbonyl (C=O) groups excluding carboxylic acids is 3. The summed E-state index contributed by atoms with van der Waals surface area (Å²) in [5.74, 6) is -1.74. The first-order valence-corrected chi connectivity index (χ1v) is 16.7. The molecule has 234 valence electrons. The van der Waals surface area contributed by atoms with Crippen LogP contribution in [0.5, 0.6) is 0 Å². The second kappa shape index (κ2) is 13.3. The number of rotatable bonds is 13. The van der Waals surface area contributed by atoms with E-state index in [0.29, 0.717) is 13.1 Å². The van der Waals surface area contributed by atoms with Crippen molar-refractivity contribution < 1.29 is 19.5 Å². The molecule has 3 fully saturated rings. The molecule has 0 saturated carbocycles. The fourth-order valence-corrected chi connectivity index (χ4v) is 10.4. The molecule has 2 aromatic carbocycles. The van der Waals surface area contributed by atoms with E-state index in [-0.39, 0.29) is 41.5 Å². The molecule has 3 aliphatic rings. The maximum Gasteiger partial charge on any atom is 0.247 e. The first-order chi connectivity index (χ1) is 21.3. The van der Waals surface area contributed by atoms with E-state index in [9.17, 15) is 19.5 Å². The van der Waals surface area contributed by atoms with Crippen LogP contribution in [-0.4, -0.2) is 74.4 Å². The van der Waals surface area contributed by atoms with Crippen LogP contribution in [0.1, 0.15) is 51.6 Å². The van der Waals surface area contributed by atoms with Gasteiger partial charge in [-0.05, 0) is 43.4 Å². The molecule has 3 saturated heterocycles. The van der Waals surface area contributed by atoms with Gasteiger partial charge in [-0.15, -0.1) is 24.9 Å². The predicted octanol–water partition coefficient (Wildman–Crippen LogP) is 5.48. The highest BCUT2D eigenvalue weighted by Gasteiger charge is 2.77. The van der Waals surface area contributed by atoms with E-state index < -0.39 is 28.7 Å². The molecule has 0 aliphatic carbocycles. The minimum atomic E-state index is -0.830. The number of thioether (sulfide) groups is 1. The van der Waals surface area contributed by atoms with Gasteiger partial charge in [-0.1, -0.05) is 81.0 Å². The van der Waals surface area contributed by atoms with E-state index in [4.69, 9.17) is 0 Å². The van der Waals surface area contributed by atoms with Gasteiger partial charge < -0.3 is 19.8 Å². The molecule has 0 aromatic heterocycles. The number of fused-ring (bicyclic) bond motifs is 1. The van der Waals surface area contributed by atoms with Gasteiger partial charge >= 0.3 is 0 Å². The zero-order valence-corrected chi connectivity index (χ0v) is 26.9. The van der Waals surface area contributed by atoms with Crippen LogP contribution in [0.3, 0.4) is 0 Å². The number of likely N-dealkylation sites (tertiary alicyclic amines) is 1. The Kier molecular flexibility index (Phi) is 9.71. The number of carbonyl (C=O) groups is 3. The molecule has 8 heteroatoms. The van der Waals surface area contributed by atoms with Crippen molar-refractivity contribution in [2.75, 3.05) is 24.6 Å². The van der Waals surface area contributed by atoms with Gasteiger partial charge in [-0.2, -0.15) is 0 Å². The Morgan fingerprint density at radius 1 is 1.07 bits per heavy atom. The van der Waals surface area contributed by atoms with Crippen LogP contribution in [0, 0.1) is 17.8 Å². The molecular weight excluding hydrogens is 570 g/mol. The Bertz CT molecular complexity index is 1370. The first kappa shape index (κ1) is 32.0. The maximum atomic E-state index is 14.9. The number of hydrogen-bond acceptors (Lipinski definition) is 5. The van der Waals surface area contributed by atoms with Gasteiger partial charge in [0.15, 0.2) is 0 Å². The van der Waals surface area contributed by atoms with Crippen molar-refractivity contribution in [1.82, 2.24) is 9.80 Å². The van der Waals surface area contributed by atoms with E-state index >= 15 is 0 Å². The summed E-state index contributed by atoms with van der Waals surface area (Å²) in [7, 11) is 0. The Morgan fingerprint density at radius 3 is 2.30 bits per heavy atom. The smallest absolute Gasteiger partial charge is 0.247 e. The minimum absolute atomic E-state index is 0.0150. The van der Waals surface area contributed by atoms with Crippen LogP contribution in [0.2, 0.25) is 0 Å². The highest BCUT2D eigenvalue weighted by atomic mass is 32.2.